The number of anilines is 1. The molecule has 132 valence electrons. The highest BCUT2D eigenvalue weighted by Crippen LogP contribution is 2.29. The van der Waals surface area contributed by atoms with Gasteiger partial charge in [-0.1, -0.05) is 13.0 Å². The molecule has 25 heavy (non-hydrogen) atoms. The number of hydrogen-bond donors (Lipinski definition) is 1. The van der Waals surface area contributed by atoms with Crippen LogP contribution in [0.15, 0.2) is 36.5 Å². The second-order valence-corrected chi connectivity index (χ2v) is 6.74. The van der Waals surface area contributed by atoms with E-state index in [9.17, 15) is 9.59 Å². The number of aryl methyl sites for hydroxylation is 2. The summed E-state index contributed by atoms with van der Waals surface area (Å²) in [7, 11) is 0. The molecule has 0 saturated carbocycles. The summed E-state index contributed by atoms with van der Waals surface area (Å²) >= 11 is 0. The summed E-state index contributed by atoms with van der Waals surface area (Å²) < 4.78 is 2.19. The van der Waals surface area contributed by atoms with E-state index in [2.05, 4.69) is 28.9 Å². The summed E-state index contributed by atoms with van der Waals surface area (Å²) in [5.74, 6) is -0.369. The molecule has 5 nitrogen and oxygen atoms in total. The standard InChI is InChI=1S/C20H25N3O2/c1-4-17-18-6-5-7-22(18)8-9-23(17)20(25)13-19(24)21-16-11-14(2)10-15(3)12-16/h5-7,10-12,17H,4,8-9,13H2,1-3H3,(H,21,24). The third-order valence-corrected chi connectivity index (χ3v) is 4.69. The number of rotatable bonds is 4. The van der Waals surface area contributed by atoms with E-state index in [4.69, 9.17) is 0 Å². The second-order valence-electron chi connectivity index (χ2n) is 6.74. The predicted molar refractivity (Wildman–Crippen MR) is 98.3 cm³/mol. The van der Waals surface area contributed by atoms with Crippen LogP contribution in [0.5, 0.6) is 0 Å². The molecule has 2 amide bonds. The Morgan fingerprint density at radius 1 is 1.16 bits per heavy atom. The molecule has 0 spiro atoms. The molecule has 0 saturated heterocycles. The monoisotopic (exact) mass is 339 g/mol. The Morgan fingerprint density at radius 3 is 2.56 bits per heavy atom. The largest absolute Gasteiger partial charge is 0.348 e. The van der Waals surface area contributed by atoms with Crippen LogP contribution < -0.4 is 5.32 Å². The fourth-order valence-electron chi connectivity index (χ4n) is 3.68. The molecule has 1 unspecified atom stereocenters. The maximum absolute atomic E-state index is 12.7. The number of hydrogen-bond acceptors (Lipinski definition) is 2. The smallest absolute Gasteiger partial charge is 0.233 e. The number of amides is 2. The SMILES string of the molecule is CCC1c2cccn2CCN1C(=O)CC(=O)Nc1cc(C)cc(C)c1. The molecule has 1 aromatic heterocycles. The Balaban J connectivity index is 1.66. The van der Waals surface area contributed by atoms with Gasteiger partial charge < -0.3 is 14.8 Å². The van der Waals surface area contributed by atoms with Crippen LogP contribution in [0.1, 0.15) is 42.6 Å². The molecule has 5 heteroatoms. The average molecular weight is 339 g/mol. The molecule has 2 heterocycles. The van der Waals surface area contributed by atoms with Crippen molar-refractivity contribution in [2.45, 2.75) is 46.2 Å². The van der Waals surface area contributed by atoms with Gasteiger partial charge in [-0.2, -0.15) is 0 Å². The van der Waals surface area contributed by atoms with Crippen molar-refractivity contribution in [1.29, 1.82) is 0 Å². The number of fused-ring (bicyclic) bond motifs is 1. The fourth-order valence-corrected chi connectivity index (χ4v) is 3.68. The molecule has 1 aromatic carbocycles. The molecule has 2 aromatic rings. The van der Waals surface area contributed by atoms with Gasteiger partial charge in [0.1, 0.15) is 6.42 Å². The van der Waals surface area contributed by atoms with Crippen molar-refractivity contribution in [2.24, 2.45) is 0 Å². The first-order valence-corrected chi connectivity index (χ1v) is 8.80. The summed E-state index contributed by atoms with van der Waals surface area (Å²) in [6.45, 7) is 7.48. The molecule has 0 aliphatic carbocycles. The van der Waals surface area contributed by atoms with Crippen LogP contribution in [-0.4, -0.2) is 27.8 Å². The zero-order valence-corrected chi connectivity index (χ0v) is 15.1. The summed E-state index contributed by atoms with van der Waals surface area (Å²) in [6.07, 6.45) is 2.77. The van der Waals surface area contributed by atoms with Crippen LogP contribution in [0.4, 0.5) is 5.69 Å². The van der Waals surface area contributed by atoms with E-state index in [0.717, 1.165) is 35.5 Å². The summed E-state index contributed by atoms with van der Waals surface area (Å²) in [4.78, 5) is 26.8. The molecule has 3 rings (SSSR count). The zero-order valence-electron chi connectivity index (χ0n) is 15.1. The van der Waals surface area contributed by atoms with E-state index in [1.807, 2.05) is 43.1 Å². The Bertz CT molecular complexity index is 774. The van der Waals surface area contributed by atoms with Gasteiger partial charge in [0.15, 0.2) is 0 Å². The quantitative estimate of drug-likeness (QED) is 0.868. The minimum atomic E-state index is -0.259. The van der Waals surface area contributed by atoms with Crippen molar-refractivity contribution in [2.75, 3.05) is 11.9 Å². The van der Waals surface area contributed by atoms with Crippen LogP contribution in [0, 0.1) is 13.8 Å². The normalized spacial score (nSPS) is 16.4. The van der Waals surface area contributed by atoms with Gasteiger partial charge in [-0.15, -0.1) is 0 Å². The van der Waals surface area contributed by atoms with Crippen LogP contribution in [0.3, 0.4) is 0 Å². The maximum atomic E-state index is 12.7. The van der Waals surface area contributed by atoms with Crippen LogP contribution in [0.25, 0.3) is 0 Å². The third-order valence-electron chi connectivity index (χ3n) is 4.69. The number of aromatic nitrogens is 1. The number of nitrogens with zero attached hydrogens (tertiary/aromatic N) is 2. The lowest BCUT2D eigenvalue weighted by Gasteiger charge is -2.36. The fraction of sp³-hybridized carbons (Fsp3) is 0.400. The van der Waals surface area contributed by atoms with E-state index in [-0.39, 0.29) is 24.3 Å². The Morgan fingerprint density at radius 2 is 1.88 bits per heavy atom. The van der Waals surface area contributed by atoms with Gasteiger partial charge in [0.05, 0.1) is 6.04 Å². The highest BCUT2D eigenvalue weighted by Gasteiger charge is 2.30. The van der Waals surface area contributed by atoms with Crippen molar-refractivity contribution >= 4 is 17.5 Å². The Kier molecular flexibility index (Phi) is 4.93. The number of benzene rings is 1. The maximum Gasteiger partial charge on any atom is 0.233 e. The summed E-state index contributed by atoms with van der Waals surface area (Å²) in [6, 6.07) is 10.00. The summed E-state index contributed by atoms with van der Waals surface area (Å²) in [5, 5.41) is 2.85. The average Bonchev–Trinajstić information content (AvgIpc) is 3.01. The Hall–Kier alpha value is -2.56. The number of carbonyl (C=O) groups is 2. The van der Waals surface area contributed by atoms with Crippen molar-refractivity contribution in [3.05, 3.63) is 53.3 Å². The van der Waals surface area contributed by atoms with Gasteiger partial charge in [-0.05, 0) is 55.7 Å². The van der Waals surface area contributed by atoms with Gasteiger partial charge in [0.2, 0.25) is 11.8 Å². The predicted octanol–water partition coefficient (Wildman–Crippen LogP) is 3.43. The topological polar surface area (TPSA) is 54.3 Å². The lowest BCUT2D eigenvalue weighted by Crippen LogP contribution is -2.42. The van der Waals surface area contributed by atoms with Gasteiger partial charge in [0, 0.05) is 30.7 Å². The first kappa shape index (κ1) is 17.3. The summed E-state index contributed by atoms with van der Waals surface area (Å²) in [5.41, 5.74) is 4.07. The van der Waals surface area contributed by atoms with E-state index in [1.165, 1.54) is 0 Å². The van der Waals surface area contributed by atoms with Crippen molar-refractivity contribution < 1.29 is 9.59 Å². The molecule has 1 aliphatic rings. The third kappa shape index (κ3) is 3.76. The molecule has 1 atom stereocenters. The van der Waals surface area contributed by atoms with Gasteiger partial charge in [-0.25, -0.2) is 0 Å². The first-order chi connectivity index (χ1) is 12.0. The molecule has 1 aliphatic heterocycles. The van der Waals surface area contributed by atoms with E-state index in [0.29, 0.717) is 6.54 Å². The lowest BCUT2D eigenvalue weighted by atomic mass is 10.1. The molecular weight excluding hydrogens is 314 g/mol. The lowest BCUT2D eigenvalue weighted by molar-refractivity contribution is -0.137. The molecule has 0 bridgehead atoms. The molecular formula is C20H25N3O2. The van der Waals surface area contributed by atoms with Gasteiger partial charge in [0.25, 0.3) is 0 Å². The number of nitrogens with one attached hydrogen (secondary N) is 1. The van der Waals surface area contributed by atoms with Crippen LogP contribution >= 0.6 is 0 Å². The van der Waals surface area contributed by atoms with E-state index in [1.54, 1.807) is 0 Å². The van der Waals surface area contributed by atoms with Gasteiger partial charge >= 0.3 is 0 Å². The minimum Gasteiger partial charge on any atom is -0.348 e. The van der Waals surface area contributed by atoms with E-state index < -0.39 is 0 Å². The first-order valence-electron chi connectivity index (χ1n) is 8.80. The second kappa shape index (κ2) is 7.13. The molecule has 0 radical (unpaired) electrons. The zero-order chi connectivity index (χ0) is 18.0. The molecule has 0 fully saturated rings. The highest BCUT2D eigenvalue weighted by atomic mass is 16.2. The van der Waals surface area contributed by atoms with Crippen molar-refractivity contribution in [3.8, 4) is 0 Å². The van der Waals surface area contributed by atoms with Gasteiger partial charge in [-0.3, -0.25) is 9.59 Å². The van der Waals surface area contributed by atoms with E-state index >= 15 is 0 Å². The van der Waals surface area contributed by atoms with Crippen molar-refractivity contribution in [3.63, 3.8) is 0 Å². The Labute approximate surface area is 148 Å². The van der Waals surface area contributed by atoms with Crippen LogP contribution in [-0.2, 0) is 16.1 Å². The number of carbonyl (C=O) groups excluding carboxylic acids is 2. The minimum absolute atomic E-state index is 0.0465. The highest BCUT2D eigenvalue weighted by molar-refractivity contribution is 6.03. The van der Waals surface area contributed by atoms with Crippen LogP contribution in [0.2, 0.25) is 0 Å². The molecule has 1 N–H and O–H groups in total. The van der Waals surface area contributed by atoms with Crippen molar-refractivity contribution in [1.82, 2.24) is 9.47 Å².